The standard InChI is InChI=1S/C15H25N3O3S/c1-12(15(19)18(5)11-10-16-2)13-6-8-14(9-7-13)22(20,21)17(3)4/h6-9,12,16H,10-11H2,1-5H3. The van der Waals surface area contributed by atoms with Crippen molar-refractivity contribution in [3.63, 3.8) is 0 Å². The van der Waals surface area contributed by atoms with Crippen molar-refractivity contribution >= 4 is 15.9 Å². The van der Waals surface area contributed by atoms with E-state index in [1.165, 1.54) is 18.4 Å². The Bertz CT molecular complexity index is 597. The molecule has 1 unspecified atom stereocenters. The Morgan fingerprint density at radius 3 is 2.18 bits per heavy atom. The minimum atomic E-state index is -3.44. The Morgan fingerprint density at radius 1 is 1.18 bits per heavy atom. The van der Waals surface area contributed by atoms with Gasteiger partial charge in [-0.3, -0.25) is 4.79 Å². The van der Waals surface area contributed by atoms with Crippen molar-refractivity contribution in [2.75, 3.05) is 41.3 Å². The molecule has 0 aliphatic rings. The lowest BCUT2D eigenvalue weighted by molar-refractivity contribution is -0.131. The number of benzene rings is 1. The van der Waals surface area contributed by atoms with Crippen LogP contribution in [-0.2, 0) is 14.8 Å². The van der Waals surface area contributed by atoms with Crippen molar-refractivity contribution in [1.82, 2.24) is 14.5 Å². The maximum absolute atomic E-state index is 12.3. The van der Waals surface area contributed by atoms with Gasteiger partial charge < -0.3 is 10.2 Å². The van der Waals surface area contributed by atoms with Crippen LogP contribution in [0.2, 0.25) is 0 Å². The minimum Gasteiger partial charge on any atom is -0.344 e. The molecular formula is C15H25N3O3S. The summed E-state index contributed by atoms with van der Waals surface area (Å²) >= 11 is 0. The number of nitrogens with one attached hydrogen (secondary N) is 1. The molecule has 0 aliphatic heterocycles. The average Bonchev–Trinajstić information content (AvgIpc) is 2.51. The van der Waals surface area contributed by atoms with Gasteiger partial charge in [-0.15, -0.1) is 0 Å². The normalized spacial score (nSPS) is 13.2. The monoisotopic (exact) mass is 327 g/mol. The first-order chi connectivity index (χ1) is 10.2. The van der Waals surface area contributed by atoms with Crippen LogP contribution in [0.1, 0.15) is 18.4 Å². The molecule has 1 atom stereocenters. The van der Waals surface area contributed by atoms with Gasteiger partial charge in [-0.25, -0.2) is 12.7 Å². The Hall–Kier alpha value is -1.44. The zero-order chi connectivity index (χ0) is 16.9. The molecule has 22 heavy (non-hydrogen) atoms. The fourth-order valence-corrected chi connectivity index (χ4v) is 2.90. The SMILES string of the molecule is CNCCN(C)C(=O)C(C)c1ccc(S(=O)(=O)N(C)C)cc1. The first-order valence-corrected chi connectivity index (χ1v) is 8.58. The summed E-state index contributed by atoms with van der Waals surface area (Å²) in [5.74, 6) is -0.295. The summed E-state index contributed by atoms with van der Waals surface area (Å²) in [5.41, 5.74) is 0.805. The summed E-state index contributed by atoms with van der Waals surface area (Å²) in [5, 5.41) is 3.00. The summed E-state index contributed by atoms with van der Waals surface area (Å²) in [6.07, 6.45) is 0. The molecular weight excluding hydrogens is 302 g/mol. The predicted octanol–water partition coefficient (Wildman–Crippen LogP) is 0.718. The smallest absolute Gasteiger partial charge is 0.242 e. The maximum atomic E-state index is 12.3. The van der Waals surface area contributed by atoms with Gasteiger partial charge in [0.25, 0.3) is 0 Å². The van der Waals surface area contributed by atoms with Crippen LogP contribution in [0.4, 0.5) is 0 Å². The largest absolute Gasteiger partial charge is 0.344 e. The molecule has 0 saturated carbocycles. The van der Waals surface area contributed by atoms with Gasteiger partial charge in [-0.1, -0.05) is 12.1 Å². The highest BCUT2D eigenvalue weighted by atomic mass is 32.2. The van der Waals surface area contributed by atoms with Gasteiger partial charge in [0.2, 0.25) is 15.9 Å². The van der Waals surface area contributed by atoms with E-state index in [-0.39, 0.29) is 16.7 Å². The number of hydrogen-bond acceptors (Lipinski definition) is 4. The van der Waals surface area contributed by atoms with E-state index in [2.05, 4.69) is 5.32 Å². The summed E-state index contributed by atoms with van der Waals surface area (Å²) in [7, 11) is 3.15. The van der Waals surface area contributed by atoms with Gasteiger partial charge in [0.15, 0.2) is 0 Å². The molecule has 1 rings (SSSR count). The van der Waals surface area contributed by atoms with E-state index in [1.54, 1.807) is 36.2 Å². The number of nitrogens with zero attached hydrogens (tertiary/aromatic N) is 2. The van der Waals surface area contributed by atoms with E-state index in [9.17, 15) is 13.2 Å². The zero-order valence-corrected chi connectivity index (χ0v) is 14.6. The number of rotatable bonds is 7. The van der Waals surface area contributed by atoms with E-state index >= 15 is 0 Å². The molecule has 6 nitrogen and oxygen atoms in total. The van der Waals surface area contributed by atoms with Crippen molar-refractivity contribution < 1.29 is 13.2 Å². The molecule has 7 heteroatoms. The quantitative estimate of drug-likeness (QED) is 0.801. The number of hydrogen-bond donors (Lipinski definition) is 1. The Balaban J connectivity index is 2.88. The highest BCUT2D eigenvalue weighted by Crippen LogP contribution is 2.21. The second-order valence-corrected chi connectivity index (χ2v) is 7.59. The first kappa shape index (κ1) is 18.6. The molecule has 0 heterocycles. The van der Waals surface area contributed by atoms with Crippen LogP contribution in [0.25, 0.3) is 0 Å². The minimum absolute atomic E-state index is 0.0125. The van der Waals surface area contributed by atoms with Crippen molar-refractivity contribution in [3.05, 3.63) is 29.8 Å². The highest BCUT2D eigenvalue weighted by molar-refractivity contribution is 7.89. The number of carbonyl (C=O) groups is 1. The van der Waals surface area contributed by atoms with Crippen LogP contribution in [0.5, 0.6) is 0 Å². The Morgan fingerprint density at radius 2 is 1.73 bits per heavy atom. The van der Waals surface area contributed by atoms with Gasteiger partial charge in [0.05, 0.1) is 10.8 Å². The van der Waals surface area contributed by atoms with Gasteiger partial charge in [0.1, 0.15) is 0 Å². The van der Waals surface area contributed by atoms with E-state index in [1.807, 2.05) is 14.0 Å². The van der Waals surface area contributed by atoms with Crippen molar-refractivity contribution in [2.24, 2.45) is 0 Å². The Kier molecular flexibility index (Phi) is 6.52. The van der Waals surface area contributed by atoms with Crippen LogP contribution in [-0.4, -0.2) is 64.8 Å². The summed E-state index contributed by atoms with van der Waals surface area (Å²) < 4.78 is 25.2. The van der Waals surface area contributed by atoms with E-state index in [0.29, 0.717) is 6.54 Å². The molecule has 1 N–H and O–H groups in total. The molecule has 1 amide bonds. The average molecular weight is 327 g/mol. The second-order valence-electron chi connectivity index (χ2n) is 5.44. The number of amides is 1. The number of carbonyl (C=O) groups excluding carboxylic acids is 1. The van der Waals surface area contributed by atoms with E-state index < -0.39 is 10.0 Å². The van der Waals surface area contributed by atoms with E-state index in [4.69, 9.17) is 0 Å². The molecule has 0 spiro atoms. The van der Waals surface area contributed by atoms with E-state index in [0.717, 1.165) is 12.1 Å². The molecule has 0 aromatic heterocycles. The molecule has 0 radical (unpaired) electrons. The molecule has 124 valence electrons. The van der Waals surface area contributed by atoms with Crippen LogP contribution in [0.15, 0.2) is 29.2 Å². The van der Waals surface area contributed by atoms with Gasteiger partial charge in [-0.05, 0) is 31.7 Å². The molecule has 0 saturated heterocycles. The molecule has 1 aromatic rings. The van der Waals surface area contributed by atoms with Crippen molar-refractivity contribution in [3.8, 4) is 0 Å². The summed E-state index contributed by atoms with van der Waals surface area (Å²) in [6.45, 7) is 3.19. The molecule has 0 bridgehead atoms. The third-order valence-corrected chi connectivity index (χ3v) is 5.43. The third kappa shape index (κ3) is 4.28. The van der Waals surface area contributed by atoms with Crippen molar-refractivity contribution in [2.45, 2.75) is 17.7 Å². The lowest BCUT2D eigenvalue weighted by Crippen LogP contribution is -2.35. The van der Waals surface area contributed by atoms with Gasteiger partial charge >= 0.3 is 0 Å². The Labute approximate surface area is 133 Å². The fourth-order valence-electron chi connectivity index (χ4n) is 2.00. The molecule has 0 fully saturated rings. The lowest BCUT2D eigenvalue weighted by atomic mass is 10.00. The lowest BCUT2D eigenvalue weighted by Gasteiger charge is -2.21. The highest BCUT2D eigenvalue weighted by Gasteiger charge is 2.21. The van der Waals surface area contributed by atoms with Gasteiger partial charge in [-0.2, -0.15) is 0 Å². The van der Waals surface area contributed by atoms with Gasteiger partial charge in [0, 0.05) is 34.2 Å². The number of likely N-dealkylation sites (N-methyl/N-ethyl adjacent to an activating group) is 2. The molecule has 1 aromatic carbocycles. The van der Waals surface area contributed by atoms with Crippen molar-refractivity contribution in [1.29, 1.82) is 0 Å². The fraction of sp³-hybridized carbons (Fsp3) is 0.533. The summed E-state index contributed by atoms with van der Waals surface area (Å²) in [4.78, 5) is 14.2. The zero-order valence-electron chi connectivity index (χ0n) is 13.8. The van der Waals surface area contributed by atoms with Crippen LogP contribution in [0.3, 0.4) is 0 Å². The second kappa shape index (κ2) is 7.71. The van der Waals surface area contributed by atoms with Crippen LogP contribution in [0, 0.1) is 0 Å². The molecule has 0 aliphatic carbocycles. The first-order valence-electron chi connectivity index (χ1n) is 7.14. The number of sulfonamides is 1. The van der Waals surface area contributed by atoms with Crippen LogP contribution < -0.4 is 5.32 Å². The van der Waals surface area contributed by atoms with Crippen LogP contribution >= 0.6 is 0 Å². The topological polar surface area (TPSA) is 69.7 Å². The third-order valence-electron chi connectivity index (χ3n) is 3.60. The maximum Gasteiger partial charge on any atom is 0.242 e. The predicted molar refractivity (Wildman–Crippen MR) is 87.3 cm³/mol. The summed E-state index contributed by atoms with van der Waals surface area (Å²) in [6, 6.07) is 6.49.